The second kappa shape index (κ2) is 5.95. The van der Waals surface area contributed by atoms with Crippen LogP contribution < -0.4 is 10.6 Å². The lowest BCUT2D eigenvalue weighted by Crippen LogP contribution is -2.58. The van der Waals surface area contributed by atoms with E-state index >= 15 is 0 Å². The molecule has 17 heavy (non-hydrogen) atoms. The molecule has 2 N–H and O–H groups in total. The van der Waals surface area contributed by atoms with Gasteiger partial charge >= 0.3 is 5.97 Å². The van der Waals surface area contributed by atoms with Crippen LogP contribution in [0.3, 0.4) is 0 Å². The number of Topliss-reactive ketones (excluding diaryl/α,β-unsaturated/α-hetero) is 1. The van der Waals surface area contributed by atoms with Gasteiger partial charge in [-0.05, 0) is 39.4 Å². The highest BCUT2D eigenvalue weighted by Crippen LogP contribution is 2.16. The number of hydrogen-bond donors (Lipinski definition) is 2. The van der Waals surface area contributed by atoms with Crippen molar-refractivity contribution in [1.82, 2.24) is 10.6 Å². The van der Waals surface area contributed by atoms with Gasteiger partial charge < -0.3 is 15.4 Å². The van der Waals surface area contributed by atoms with Gasteiger partial charge in [-0.15, -0.1) is 0 Å². The molecule has 6 heteroatoms. The average molecular weight is 258 g/mol. The molecule has 0 bridgehead atoms. The quantitative estimate of drug-likeness (QED) is 0.432. The lowest BCUT2D eigenvalue weighted by molar-refractivity contribution is -0.152. The molecular weight excluding hydrogens is 240 g/mol. The third-order valence-corrected chi connectivity index (χ3v) is 2.92. The van der Waals surface area contributed by atoms with Gasteiger partial charge in [-0.25, -0.2) is 0 Å². The Labute approximate surface area is 106 Å². The molecule has 3 atom stereocenters. The Kier molecular flexibility index (Phi) is 4.86. The van der Waals surface area contributed by atoms with E-state index < -0.39 is 11.9 Å². The summed E-state index contributed by atoms with van der Waals surface area (Å²) in [7, 11) is 0. The van der Waals surface area contributed by atoms with Gasteiger partial charge in [0, 0.05) is 6.04 Å². The van der Waals surface area contributed by atoms with Crippen LogP contribution in [0.4, 0.5) is 0 Å². The van der Waals surface area contributed by atoms with Crippen LogP contribution in [0.5, 0.6) is 0 Å². The molecule has 1 heterocycles. The maximum absolute atomic E-state index is 11.8. The molecule has 1 rings (SSSR count). The summed E-state index contributed by atoms with van der Waals surface area (Å²) in [5.41, 5.74) is 0. The molecule has 0 aromatic carbocycles. The summed E-state index contributed by atoms with van der Waals surface area (Å²) in [6.07, 6.45) is 0.656. The Morgan fingerprint density at radius 1 is 1.53 bits per heavy atom. The van der Waals surface area contributed by atoms with Crippen LogP contribution in [0.15, 0.2) is 0 Å². The summed E-state index contributed by atoms with van der Waals surface area (Å²) in [5.74, 6) is -1.45. The van der Waals surface area contributed by atoms with E-state index in [9.17, 15) is 9.59 Å². The van der Waals surface area contributed by atoms with Crippen LogP contribution in [-0.4, -0.2) is 35.6 Å². The minimum Gasteiger partial charge on any atom is -0.465 e. The van der Waals surface area contributed by atoms with Crippen molar-refractivity contribution in [3.63, 3.8) is 0 Å². The van der Waals surface area contributed by atoms with Gasteiger partial charge in [-0.2, -0.15) is 0 Å². The fourth-order valence-electron chi connectivity index (χ4n) is 2.00. The van der Waals surface area contributed by atoms with Crippen LogP contribution in [0.1, 0.15) is 27.2 Å². The summed E-state index contributed by atoms with van der Waals surface area (Å²) < 4.78 is 4.93. The number of hydrogen-bond acceptors (Lipinski definition) is 4. The lowest BCUT2D eigenvalue weighted by atomic mass is 9.90. The smallest absolute Gasteiger partial charge is 0.318 e. The van der Waals surface area contributed by atoms with Crippen molar-refractivity contribution in [1.29, 1.82) is 0 Å². The van der Waals surface area contributed by atoms with Crippen LogP contribution in [0.2, 0.25) is 0 Å². The zero-order valence-electron chi connectivity index (χ0n) is 10.3. The third kappa shape index (κ3) is 3.66. The maximum atomic E-state index is 11.8. The number of esters is 1. The number of nitrogens with one attached hydrogen (secondary N) is 2. The topological polar surface area (TPSA) is 67.4 Å². The molecule has 0 aromatic rings. The molecule has 0 amide bonds. The van der Waals surface area contributed by atoms with Crippen LogP contribution in [0, 0.1) is 5.92 Å². The zero-order valence-corrected chi connectivity index (χ0v) is 11.1. The fourth-order valence-corrected chi connectivity index (χ4v) is 2.35. The number of ketones is 1. The molecule has 1 saturated heterocycles. The lowest BCUT2D eigenvalue weighted by Gasteiger charge is -2.34. The first-order valence-electron chi connectivity index (χ1n) is 5.69. The first-order chi connectivity index (χ1) is 7.95. The van der Waals surface area contributed by atoms with E-state index in [4.69, 9.17) is 17.0 Å². The number of carbonyl (C=O) groups is 2. The molecular formula is C11H18N2O3S. The van der Waals surface area contributed by atoms with Gasteiger partial charge in [0.1, 0.15) is 11.7 Å². The highest BCUT2D eigenvalue weighted by Gasteiger charge is 2.37. The molecule has 0 radical (unpaired) electrons. The summed E-state index contributed by atoms with van der Waals surface area (Å²) in [6.45, 7) is 5.35. The van der Waals surface area contributed by atoms with Crippen molar-refractivity contribution in [2.45, 2.75) is 39.3 Å². The standard InChI is InChI=1S/C11H18N2O3S/c1-4-16-10(15)9(7(3)14)8-5-6(2)12-11(17)13-8/h6,8-9H,4-5H2,1-3H3,(H2,12,13,17)/t6-,8+,9-/m0/s1. The Morgan fingerprint density at radius 2 is 2.18 bits per heavy atom. The fraction of sp³-hybridized carbons (Fsp3) is 0.727. The number of ether oxygens (including phenoxy) is 1. The van der Waals surface area contributed by atoms with E-state index in [0.29, 0.717) is 11.5 Å². The molecule has 1 fully saturated rings. The normalized spacial score (nSPS) is 25.5. The monoisotopic (exact) mass is 258 g/mol. The minimum absolute atomic E-state index is 0.144. The highest BCUT2D eigenvalue weighted by molar-refractivity contribution is 7.80. The van der Waals surface area contributed by atoms with E-state index in [1.165, 1.54) is 6.92 Å². The highest BCUT2D eigenvalue weighted by atomic mass is 32.1. The summed E-state index contributed by atoms with van der Waals surface area (Å²) in [4.78, 5) is 23.3. The maximum Gasteiger partial charge on any atom is 0.318 e. The van der Waals surface area contributed by atoms with Crippen molar-refractivity contribution in [3.8, 4) is 0 Å². The van der Waals surface area contributed by atoms with Crippen molar-refractivity contribution < 1.29 is 14.3 Å². The van der Waals surface area contributed by atoms with Gasteiger partial charge in [0.25, 0.3) is 0 Å². The Balaban J connectivity index is 2.79. The summed E-state index contributed by atoms with van der Waals surface area (Å²) in [5, 5.41) is 6.47. The van der Waals surface area contributed by atoms with Crippen molar-refractivity contribution in [2.24, 2.45) is 5.92 Å². The van der Waals surface area contributed by atoms with E-state index in [0.717, 1.165) is 0 Å². The van der Waals surface area contributed by atoms with Gasteiger partial charge in [-0.3, -0.25) is 9.59 Å². The molecule has 96 valence electrons. The van der Waals surface area contributed by atoms with E-state index in [-0.39, 0.29) is 24.5 Å². The second-order valence-corrected chi connectivity index (χ2v) is 4.61. The first-order valence-corrected chi connectivity index (χ1v) is 6.10. The molecule has 5 nitrogen and oxygen atoms in total. The molecule has 1 aliphatic rings. The number of carbonyl (C=O) groups excluding carboxylic acids is 2. The largest absolute Gasteiger partial charge is 0.465 e. The molecule has 0 unspecified atom stereocenters. The SMILES string of the molecule is CCOC(=O)[C@@H](C(C)=O)[C@H]1C[C@H](C)NC(=S)N1. The predicted molar refractivity (Wildman–Crippen MR) is 67.5 cm³/mol. The average Bonchev–Trinajstić information content (AvgIpc) is 2.15. The Hall–Kier alpha value is -1.17. The van der Waals surface area contributed by atoms with Gasteiger partial charge in [0.15, 0.2) is 5.11 Å². The zero-order chi connectivity index (χ0) is 13.0. The molecule has 0 saturated carbocycles. The Bertz CT molecular complexity index is 333. The van der Waals surface area contributed by atoms with Crippen molar-refractivity contribution in [2.75, 3.05) is 6.61 Å². The van der Waals surface area contributed by atoms with Gasteiger partial charge in [0.05, 0.1) is 12.6 Å². The predicted octanol–water partition coefficient (Wildman–Crippen LogP) is 0.380. The third-order valence-electron chi connectivity index (χ3n) is 2.68. The van der Waals surface area contributed by atoms with E-state index in [1.54, 1.807) is 6.92 Å². The summed E-state index contributed by atoms with van der Waals surface area (Å²) in [6, 6.07) is -0.139. The van der Waals surface area contributed by atoms with Crippen LogP contribution >= 0.6 is 12.2 Å². The van der Waals surface area contributed by atoms with Gasteiger partial charge in [-0.1, -0.05) is 0 Å². The Morgan fingerprint density at radius 3 is 2.65 bits per heavy atom. The van der Waals surface area contributed by atoms with E-state index in [2.05, 4.69) is 10.6 Å². The van der Waals surface area contributed by atoms with Crippen LogP contribution in [0.25, 0.3) is 0 Å². The van der Waals surface area contributed by atoms with Gasteiger partial charge in [0.2, 0.25) is 0 Å². The molecule has 1 aliphatic heterocycles. The van der Waals surface area contributed by atoms with Crippen LogP contribution in [-0.2, 0) is 14.3 Å². The van der Waals surface area contributed by atoms with Crippen molar-refractivity contribution >= 4 is 29.1 Å². The molecule has 0 aromatic heterocycles. The first kappa shape index (κ1) is 13.9. The second-order valence-electron chi connectivity index (χ2n) is 4.20. The minimum atomic E-state index is -0.780. The van der Waals surface area contributed by atoms with Crippen molar-refractivity contribution in [3.05, 3.63) is 0 Å². The molecule has 0 spiro atoms. The molecule has 0 aliphatic carbocycles. The van der Waals surface area contributed by atoms with E-state index in [1.807, 2.05) is 6.92 Å². The summed E-state index contributed by atoms with van der Waals surface area (Å²) >= 11 is 5.03. The number of thiocarbonyl (C=S) groups is 1. The number of rotatable bonds is 4.